The minimum atomic E-state index is -0.675. The number of aliphatic imine (C=N–C) groups is 1. The number of ether oxygens (including phenoxy) is 3. The molecule has 4 amide bonds. The normalized spacial score (nSPS) is 16.5. The maximum absolute atomic E-state index is 13.1. The molecule has 64 heavy (non-hydrogen) atoms. The maximum Gasteiger partial charge on any atom is 0.255 e. The molecule has 1 fully saturated rings. The van der Waals surface area contributed by atoms with Crippen molar-refractivity contribution in [2.24, 2.45) is 10.7 Å². The number of nitrogens with zero attached hydrogens (tertiary/aromatic N) is 7. The molecule has 3 N–H and O–H groups in total. The molecule has 3 aromatic heterocycles. The maximum atomic E-state index is 13.1. The molecule has 18 heteroatoms. The van der Waals surface area contributed by atoms with Crippen molar-refractivity contribution in [3.63, 3.8) is 0 Å². The number of carbonyl (C=O) groups excluding carboxylic acids is 4. The van der Waals surface area contributed by atoms with E-state index in [1.807, 2.05) is 60.4 Å². The van der Waals surface area contributed by atoms with Crippen LogP contribution in [0.25, 0.3) is 5.00 Å². The third kappa shape index (κ3) is 9.40. The second kappa shape index (κ2) is 19.5. The van der Waals surface area contributed by atoms with Gasteiger partial charge in [-0.1, -0.05) is 53.5 Å². The molecule has 0 aliphatic carbocycles. The zero-order valence-corrected chi connectivity index (χ0v) is 37.0. The molecule has 0 bridgehead atoms. The molecule has 3 aliphatic heterocycles. The van der Waals surface area contributed by atoms with Crippen LogP contribution in [0.1, 0.15) is 91.3 Å². The van der Waals surface area contributed by atoms with Gasteiger partial charge in [0.1, 0.15) is 29.5 Å². The average Bonchev–Trinajstić information content (AvgIpc) is 4.00. The van der Waals surface area contributed by atoms with Crippen LogP contribution in [0.4, 0.5) is 0 Å². The Hall–Kier alpha value is -6.47. The molecule has 5 aromatic rings. The van der Waals surface area contributed by atoms with E-state index in [9.17, 15) is 19.2 Å². The molecule has 0 saturated carbocycles. The molecule has 0 spiro atoms. The summed E-state index contributed by atoms with van der Waals surface area (Å²) in [5.74, 6) is 12.5. The Morgan fingerprint density at radius 1 is 0.953 bits per heavy atom. The summed E-state index contributed by atoms with van der Waals surface area (Å²) in [4.78, 5) is 56.6. The van der Waals surface area contributed by atoms with Gasteiger partial charge in [0.2, 0.25) is 17.7 Å². The molecule has 3 aliphatic rings. The number of carbonyl (C=O) groups is 4. The number of hydrogen-bond donors (Lipinski definition) is 2. The number of thiophene rings is 1. The Kier molecular flexibility index (Phi) is 13.5. The number of fused-ring (bicyclic) bond motifs is 4. The van der Waals surface area contributed by atoms with Gasteiger partial charge in [0.15, 0.2) is 5.82 Å². The highest BCUT2D eigenvalue weighted by Crippen LogP contribution is 2.40. The summed E-state index contributed by atoms with van der Waals surface area (Å²) >= 11 is 7.76. The van der Waals surface area contributed by atoms with Gasteiger partial charge >= 0.3 is 0 Å². The Labute approximate surface area is 378 Å². The van der Waals surface area contributed by atoms with Crippen molar-refractivity contribution in [1.82, 2.24) is 34.8 Å². The average molecular weight is 902 g/mol. The van der Waals surface area contributed by atoms with E-state index < -0.39 is 23.9 Å². The zero-order chi connectivity index (χ0) is 44.9. The molecule has 2 aromatic carbocycles. The molecule has 16 nitrogen and oxygen atoms in total. The van der Waals surface area contributed by atoms with Gasteiger partial charge in [0, 0.05) is 40.2 Å². The quantitative estimate of drug-likeness (QED) is 0.0929. The zero-order valence-electron chi connectivity index (χ0n) is 35.4. The third-order valence-corrected chi connectivity index (χ3v) is 12.5. The molecule has 328 valence electrons. The first-order valence-electron chi connectivity index (χ1n) is 20.7. The van der Waals surface area contributed by atoms with Crippen molar-refractivity contribution in [3.05, 3.63) is 115 Å². The smallest absolute Gasteiger partial charge is 0.255 e. The summed E-state index contributed by atoms with van der Waals surface area (Å²) in [7, 11) is 0. The van der Waals surface area contributed by atoms with Gasteiger partial charge in [0.05, 0.1) is 74.0 Å². The van der Waals surface area contributed by atoms with E-state index in [-0.39, 0.29) is 37.8 Å². The lowest BCUT2D eigenvalue weighted by Crippen LogP contribution is -2.52. The van der Waals surface area contributed by atoms with E-state index in [4.69, 9.17) is 36.5 Å². The Bertz CT molecular complexity index is 2810. The number of primary amides is 1. The first-order valence-corrected chi connectivity index (χ1v) is 21.9. The van der Waals surface area contributed by atoms with Crippen molar-refractivity contribution >= 4 is 52.3 Å². The van der Waals surface area contributed by atoms with E-state index in [2.05, 4.69) is 44.3 Å². The van der Waals surface area contributed by atoms with Gasteiger partial charge in [0.25, 0.3) is 5.91 Å². The van der Waals surface area contributed by atoms with E-state index in [1.165, 1.54) is 16.2 Å². The largest absolute Gasteiger partial charge is 0.377 e. The lowest BCUT2D eigenvalue weighted by molar-refractivity contribution is -0.137. The summed E-state index contributed by atoms with van der Waals surface area (Å²) < 4.78 is 20.9. The van der Waals surface area contributed by atoms with E-state index in [0.29, 0.717) is 79.5 Å². The molecule has 6 heterocycles. The van der Waals surface area contributed by atoms with Crippen LogP contribution < -0.4 is 11.1 Å². The Morgan fingerprint density at radius 2 is 1.72 bits per heavy atom. The predicted molar refractivity (Wildman–Crippen MR) is 237 cm³/mol. The van der Waals surface area contributed by atoms with Crippen LogP contribution in [0.3, 0.4) is 0 Å². The molecular weight excluding hydrogens is 858 g/mol. The van der Waals surface area contributed by atoms with Crippen LogP contribution in [0.5, 0.6) is 0 Å². The van der Waals surface area contributed by atoms with E-state index in [0.717, 1.165) is 43.4 Å². The summed E-state index contributed by atoms with van der Waals surface area (Å²) in [6, 6.07) is 11.5. The fourth-order valence-corrected chi connectivity index (χ4v) is 9.14. The Morgan fingerprint density at radius 3 is 2.48 bits per heavy atom. The summed E-state index contributed by atoms with van der Waals surface area (Å²) in [6.45, 7) is 8.81. The Balaban J connectivity index is 0.801. The number of amides is 4. The van der Waals surface area contributed by atoms with Gasteiger partial charge in [-0.2, -0.15) is 5.10 Å². The number of nitrogens with two attached hydrogens (primary N) is 1. The van der Waals surface area contributed by atoms with Crippen LogP contribution in [-0.4, -0.2) is 104 Å². The van der Waals surface area contributed by atoms with Gasteiger partial charge in [-0.3, -0.25) is 38.7 Å². The minimum Gasteiger partial charge on any atom is -0.377 e. The predicted octanol–water partition coefficient (Wildman–Crippen LogP) is 4.13. The number of aromatic nitrogens is 5. The molecule has 8 rings (SSSR count). The van der Waals surface area contributed by atoms with Gasteiger partial charge < -0.3 is 24.8 Å². The van der Waals surface area contributed by atoms with Crippen molar-refractivity contribution in [2.45, 2.75) is 65.2 Å². The van der Waals surface area contributed by atoms with Crippen molar-refractivity contribution in [3.8, 4) is 28.7 Å². The monoisotopic (exact) mass is 901 g/mol. The first kappa shape index (κ1) is 44.1. The first-order chi connectivity index (χ1) is 31.0. The molecule has 1 unspecified atom stereocenters. The molecule has 0 radical (unpaired) electrons. The number of rotatable bonds is 14. The van der Waals surface area contributed by atoms with E-state index >= 15 is 0 Å². The summed E-state index contributed by atoms with van der Waals surface area (Å²) in [5, 5.41) is 17.1. The minimum absolute atomic E-state index is 0.0185. The fraction of sp³-hybridized carbons (Fsp3) is 0.348. The summed E-state index contributed by atoms with van der Waals surface area (Å²) in [5.41, 5.74) is 12.7. The number of hydrogen-bond acceptors (Lipinski definition) is 12. The number of piperidine rings is 1. The van der Waals surface area contributed by atoms with Crippen LogP contribution >= 0.6 is 22.9 Å². The van der Waals surface area contributed by atoms with Crippen molar-refractivity contribution in [2.75, 3.05) is 39.6 Å². The standard InChI is InChI=1S/C46H44ClN9O7S/c1-27-38(64-46-41(27)42(31-9-12-33(47)13-10-31)50-36(24-39(48)57)43-53-52-29(3)56(43)46)15-11-32-25-49-55(28(32)2)17-19-62-21-23-63-22-20-61-18-5-7-30-6-4-8-34-35(30)26-54(45(34)60)37-14-16-40(58)51-44(37)59/h4,6,8-10,12-13,25,36-37H,14,16-24,26H2,1-3H3,(H2,48,57)(H,51,58,59)/t36-,37?/m0/s1. The highest BCUT2D eigenvalue weighted by Gasteiger charge is 2.40. The van der Waals surface area contributed by atoms with Gasteiger partial charge in [-0.25, -0.2) is 0 Å². The van der Waals surface area contributed by atoms with Crippen molar-refractivity contribution in [1.29, 1.82) is 0 Å². The topological polar surface area (TPSA) is 198 Å². The fourth-order valence-electron chi connectivity index (χ4n) is 7.80. The van der Waals surface area contributed by atoms with Crippen molar-refractivity contribution < 1.29 is 33.4 Å². The lowest BCUT2D eigenvalue weighted by atomic mass is 9.99. The lowest BCUT2D eigenvalue weighted by Gasteiger charge is -2.29. The van der Waals surface area contributed by atoms with Crippen LogP contribution in [0.15, 0.2) is 53.7 Å². The highest BCUT2D eigenvalue weighted by molar-refractivity contribution is 7.15. The number of benzene rings is 2. The van der Waals surface area contributed by atoms with Crippen LogP contribution in [0.2, 0.25) is 5.02 Å². The third-order valence-electron chi connectivity index (χ3n) is 11.1. The van der Waals surface area contributed by atoms with Crippen LogP contribution in [-0.2, 0) is 41.7 Å². The SMILES string of the molecule is Cc1c(C#Cc2cnn(CCOCCOCCOCC#Cc3cccc4c3CN(C3CCC(=O)NC3=O)C4=O)c2C)sc2c1C(c1ccc(Cl)cc1)=N[C@@H](CC(N)=O)c1nnc(C)n1-2. The van der Waals surface area contributed by atoms with E-state index in [1.54, 1.807) is 18.3 Å². The second-order valence-corrected chi connectivity index (χ2v) is 16.7. The second-order valence-electron chi connectivity index (χ2n) is 15.3. The molecule has 1 saturated heterocycles. The van der Waals surface area contributed by atoms with Gasteiger partial charge in [-0.15, -0.1) is 21.5 Å². The van der Waals surface area contributed by atoms with Crippen LogP contribution in [0, 0.1) is 44.5 Å². The number of halogens is 1. The number of imide groups is 1. The molecular formula is C46H44ClN9O7S. The number of aryl methyl sites for hydroxylation is 1. The summed E-state index contributed by atoms with van der Waals surface area (Å²) in [6.07, 6.45) is 2.24. The highest BCUT2D eigenvalue weighted by atomic mass is 35.5. The number of nitrogens with one attached hydrogen (secondary N) is 1. The molecule has 2 atom stereocenters. The van der Waals surface area contributed by atoms with Gasteiger partial charge in [-0.05, 0) is 62.6 Å².